The quantitative estimate of drug-likeness (QED) is 0.885. The number of amides is 1. The summed E-state index contributed by atoms with van der Waals surface area (Å²) in [6, 6.07) is 5.63. The second-order valence-corrected chi connectivity index (χ2v) is 4.65. The van der Waals surface area contributed by atoms with Crippen LogP contribution in [0.4, 0.5) is 5.69 Å². The Balaban J connectivity index is 3.02. The van der Waals surface area contributed by atoms with Crippen LogP contribution in [0.25, 0.3) is 0 Å². The van der Waals surface area contributed by atoms with Gasteiger partial charge >= 0.3 is 0 Å². The first-order valence-electron chi connectivity index (χ1n) is 5.93. The monoisotopic (exact) mass is 269 g/mol. The molecule has 1 aromatic carbocycles. The van der Waals surface area contributed by atoms with Gasteiger partial charge in [0.25, 0.3) is 0 Å². The van der Waals surface area contributed by atoms with Crippen LogP contribution in [0.2, 0.25) is 5.02 Å². The molecule has 0 aromatic heterocycles. The average Bonchev–Trinajstić information content (AvgIpc) is 2.35. The summed E-state index contributed by atoms with van der Waals surface area (Å²) >= 11 is 6.13. The predicted molar refractivity (Wildman–Crippen MR) is 75.9 cm³/mol. The van der Waals surface area contributed by atoms with Gasteiger partial charge in [-0.15, -0.1) is 0 Å². The first-order chi connectivity index (χ1) is 8.51. The van der Waals surface area contributed by atoms with E-state index in [2.05, 4.69) is 0 Å². The predicted octanol–water partition coefficient (Wildman–Crippen LogP) is 1.71. The van der Waals surface area contributed by atoms with Crippen LogP contribution in [-0.2, 0) is 11.3 Å². The van der Waals surface area contributed by atoms with Gasteiger partial charge in [-0.1, -0.05) is 17.7 Å². The van der Waals surface area contributed by atoms with E-state index in [9.17, 15) is 4.79 Å². The van der Waals surface area contributed by atoms with Crippen molar-refractivity contribution >= 4 is 23.2 Å². The fraction of sp³-hybridized carbons (Fsp3) is 0.462. The number of benzene rings is 1. The number of hydrogen-bond donors (Lipinski definition) is 1. The standard InChI is InChI=1S/C13H20ClN3O/c1-4-17(9-13(18)16(2)3)12-7-5-6-11(14)10(12)8-15/h5-7H,4,8-9,15H2,1-3H3. The SMILES string of the molecule is CCN(CC(=O)N(C)C)c1cccc(Cl)c1CN. The molecule has 1 rings (SSSR count). The topological polar surface area (TPSA) is 49.6 Å². The second-order valence-electron chi connectivity index (χ2n) is 4.24. The van der Waals surface area contributed by atoms with Crippen molar-refractivity contribution in [3.63, 3.8) is 0 Å². The van der Waals surface area contributed by atoms with Crippen molar-refractivity contribution in [2.45, 2.75) is 13.5 Å². The minimum Gasteiger partial charge on any atom is -0.362 e. The third-order valence-corrected chi connectivity index (χ3v) is 3.20. The maximum atomic E-state index is 11.8. The number of nitrogens with zero attached hydrogens (tertiary/aromatic N) is 2. The number of anilines is 1. The molecule has 0 radical (unpaired) electrons. The van der Waals surface area contributed by atoms with Crippen molar-refractivity contribution in [3.05, 3.63) is 28.8 Å². The fourth-order valence-electron chi connectivity index (χ4n) is 1.72. The van der Waals surface area contributed by atoms with Crippen molar-refractivity contribution in [1.29, 1.82) is 0 Å². The van der Waals surface area contributed by atoms with Crippen LogP contribution in [0.5, 0.6) is 0 Å². The Kier molecular flexibility index (Phi) is 5.44. The zero-order valence-electron chi connectivity index (χ0n) is 11.1. The van der Waals surface area contributed by atoms with Crippen LogP contribution in [0, 0.1) is 0 Å². The van der Waals surface area contributed by atoms with E-state index in [-0.39, 0.29) is 5.91 Å². The summed E-state index contributed by atoms with van der Waals surface area (Å²) in [6.07, 6.45) is 0. The molecule has 1 amide bonds. The smallest absolute Gasteiger partial charge is 0.241 e. The van der Waals surface area contributed by atoms with Crippen LogP contribution in [0.15, 0.2) is 18.2 Å². The zero-order chi connectivity index (χ0) is 13.7. The molecule has 1 aromatic rings. The molecule has 0 bridgehead atoms. The first kappa shape index (κ1) is 14.8. The van der Waals surface area contributed by atoms with Gasteiger partial charge in [0.1, 0.15) is 0 Å². The Bertz CT molecular complexity index is 421. The van der Waals surface area contributed by atoms with E-state index in [1.165, 1.54) is 0 Å². The van der Waals surface area contributed by atoms with Gasteiger partial charge in [0.15, 0.2) is 0 Å². The molecule has 0 aliphatic rings. The van der Waals surface area contributed by atoms with Gasteiger partial charge in [-0.2, -0.15) is 0 Å². The fourth-order valence-corrected chi connectivity index (χ4v) is 1.96. The number of nitrogens with two attached hydrogens (primary N) is 1. The Morgan fingerprint density at radius 2 is 2.06 bits per heavy atom. The van der Waals surface area contributed by atoms with Crippen LogP contribution in [0.1, 0.15) is 12.5 Å². The lowest BCUT2D eigenvalue weighted by Crippen LogP contribution is -2.37. The summed E-state index contributed by atoms with van der Waals surface area (Å²) in [4.78, 5) is 15.4. The molecule has 5 heteroatoms. The number of likely N-dealkylation sites (N-methyl/N-ethyl adjacent to an activating group) is 2. The van der Waals surface area contributed by atoms with Gasteiger partial charge in [0.2, 0.25) is 5.91 Å². The van der Waals surface area contributed by atoms with Crippen LogP contribution in [0.3, 0.4) is 0 Å². The van der Waals surface area contributed by atoms with Crippen LogP contribution in [-0.4, -0.2) is 38.0 Å². The Labute approximate surface area is 113 Å². The van der Waals surface area contributed by atoms with Crippen molar-refractivity contribution < 1.29 is 4.79 Å². The lowest BCUT2D eigenvalue weighted by Gasteiger charge is -2.26. The molecule has 0 saturated carbocycles. The number of rotatable bonds is 5. The lowest BCUT2D eigenvalue weighted by atomic mass is 10.1. The van der Waals surface area contributed by atoms with Crippen molar-refractivity contribution in [3.8, 4) is 0 Å². The zero-order valence-corrected chi connectivity index (χ0v) is 11.9. The van der Waals surface area contributed by atoms with E-state index in [4.69, 9.17) is 17.3 Å². The molecule has 0 spiro atoms. The Hall–Kier alpha value is -1.26. The number of halogens is 1. The minimum absolute atomic E-state index is 0.0554. The molecule has 0 aliphatic heterocycles. The second kappa shape index (κ2) is 6.61. The van der Waals surface area contributed by atoms with Gasteiger partial charge in [-0.3, -0.25) is 4.79 Å². The van der Waals surface area contributed by atoms with E-state index >= 15 is 0 Å². The molecule has 0 atom stereocenters. The molecule has 2 N–H and O–H groups in total. The molecular formula is C13H20ClN3O. The summed E-state index contributed by atoms with van der Waals surface area (Å²) in [5.41, 5.74) is 7.54. The summed E-state index contributed by atoms with van der Waals surface area (Å²) in [7, 11) is 3.50. The molecule has 0 aliphatic carbocycles. The number of hydrogen-bond acceptors (Lipinski definition) is 3. The molecule has 0 heterocycles. The average molecular weight is 270 g/mol. The highest BCUT2D eigenvalue weighted by atomic mass is 35.5. The highest BCUT2D eigenvalue weighted by Gasteiger charge is 2.15. The molecule has 0 saturated heterocycles. The summed E-state index contributed by atoms with van der Waals surface area (Å²) in [5, 5.41) is 0.644. The molecule has 18 heavy (non-hydrogen) atoms. The maximum Gasteiger partial charge on any atom is 0.241 e. The Morgan fingerprint density at radius 1 is 1.39 bits per heavy atom. The number of carbonyl (C=O) groups excluding carboxylic acids is 1. The van der Waals surface area contributed by atoms with E-state index < -0.39 is 0 Å². The molecule has 4 nitrogen and oxygen atoms in total. The maximum absolute atomic E-state index is 11.8. The van der Waals surface area contributed by atoms with Gasteiger partial charge in [-0.05, 0) is 19.1 Å². The van der Waals surface area contributed by atoms with Gasteiger partial charge < -0.3 is 15.5 Å². The van der Waals surface area contributed by atoms with Crippen LogP contribution >= 0.6 is 11.6 Å². The van der Waals surface area contributed by atoms with Gasteiger partial charge in [-0.25, -0.2) is 0 Å². The molecule has 100 valence electrons. The lowest BCUT2D eigenvalue weighted by molar-refractivity contribution is -0.127. The summed E-state index contributed by atoms with van der Waals surface area (Å²) in [5.74, 6) is 0.0554. The third-order valence-electron chi connectivity index (χ3n) is 2.85. The molecular weight excluding hydrogens is 250 g/mol. The van der Waals surface area contributed by atoms with Crippen LogP contribution < -0.4 is 10.6 Å². The van der Waals surface area contributed by atoms with E-state index in [0.29, 0.717) is 18.1 Å². The largest absolute Gasteiger partial charge is 0.362 e. The number of carbonyl (C=O) groups is 1. The molecule has 0 fully saturated rings. The highest BCUT2D eigenvalue weighted by molar-refractivity contribution is 6.31. The summed E-state index contributed by atoms with van der Waals surface area (Å²) in [6.45, 7) is 3.43. The van der Waals surface area contributed by atoms with Crippen molar-refractivity contribution in [1.82, 2.24) is 4.90 Å². The molecule has 0 unspecified atom stereocenters. The van der Waals surface area contributed by atoms with E-state index in [1.807, 2.05) is 30.0 Å². The normalized spacial score (nSPS) is 10.3. The highest BCUT2D eigenvalue weighted by Crippen LogP contribution is 2.27. The van der Waals surface area contributed by atoms with Crippen molar-refractivity contribution in [2.75, 3.05) is 32.1 Å². The summed E-state index contributed by atoms with van der Waals surface area (Å²) < 4.78 is 0. The van der Waals surface area contributed by atoms with E-state index in [1.54, 1.807) is 19.0 Å². The first-order valence-corrected chi connectivity index (χ1v) is 6.31. The van der Waals surface area contributed by atoms with Gasteiger partial charge in [0.05, 0.1) is 6.54 Å². The third kappa shape index (κ3) is 3.37. The Morgan fingerprint density at radius 3 is 2.56 bits per heavy atom. The van der Waals surface area contributed by atoms with Crippen molar-refractivity contribution in [2.24, 2.45) is 5.73 Å². The van der Waals surface area contributed by atoms with E-state index in [0.717, 1.165) is 17.8 Å². The van der Waals surface area contributed by atoms with Gasteiger partial charge in [0, 0.05) is 43.5 Å². The minimum atomic E-state index is 0.0554.